The van der Waals surface area contributed by atoms with E-state index in [4.69, 9.17) is 11.6 Å². The van der Waals surface area contributed by atoms with E-state index in [2.05, 4.69) is 16.7 Å². The van der Waals surface area contributed by atoms with Crippen LogP contribution < -0.4 is 10.6 Å². The van der Waals surface area contributed by atoms with Crippen molar-refractivity contribution in [1.82, 2.24) is 10.6 Å². The van der Waals surface area contributed by atoms with Crippen molar-refractivity contribution in [2.24, 2.45) is 5.92 Å². The Morgan fingerprint density at radius 1 is 1.30 bits per heavy atom. The quantitative estimate of drug-likeness (QED) is 0.895. The fraction of sp³-hybridized carbons (Fsp3) is 0.562. The number of amides is 1. The summed E-state index contributed by atoms with van der Waals surface area (Å²) >= 11 is 6.29. The highest BCUT2D eigenvalue weighted by atomic mass is 35.5. The van der Waals surface area contributed by atoms with E-state index in [-0.39, 0.29) is 17.2 Å². The zero-order valence-electron chi connectivity index (χ0n) is 11.6. The Morgan fingerprint density at radius 3 is 2.65 bits per heavy atom. The van der Waals surface area contributed by atoms with E-state index in [0.29, 0.717) is 0 Å². The normalized spacial score (nSPS) is 21.4. The van der Waals surface area contributed by atoms with Crippen LogP contribution >= 0.6 is 11.6 Å². The third-order valence-electron chi connectivity index (χ3n) is 4.61. The molecule has 0 spiro atoms. The zero-order chi connectivity index (χ0) is 14.0. The maximum Gasteiger partial charge on any atom is 0.223 e. The largest absolute Gasteiger partial charge is 0.355 e. The molecule has 20 heavy (non-hydrogen) atoms. The van der Waals surface area contributed by atoms with Crippen molar-refractivity contribution >= 4 is 17.5 Å². The minimum atomic E-state index is 0.0842. The maximum atomic E-state index is 12.2. The summed E-state index contributed by atoms with van der Waals surface area (Å²) in [4.78, 5) is 12.2. The van der Waals surface area contributed by atoms with Gasteiger partial charge in [-0.05, 0) is 50.4 Å². The molecule has 108 valence electrons. The number of hydrogen-bond acceptors (Lipinski definition) is 2. The van der Waals surface area contributed by atoms with Crippen LogP contribution in [0.5, 0.6) is 0 Å². The van der Waals surface area contributed by atoms with Gasteiger partial charge in [-0.15, -0.1) is 0 Å². The van der Waals surface area contributed by atoms with Crippen molar-refractivity contribution in [3.8, 4) is 0 Å². The maximum absolute atomic E-state index is 12.2. The minimum Gasteiger partial charge on any atom is -0.355 e. The molecule has 1 amide bonds. The van der Waals surface area contributed by atoms with E-state index >= 15 is 0 Å². The molecule has 1 heterocycles. The van der Waals surface area contributed by atoms with Gasteiger partial charge in [-0.3, -0.25) is 4.79 Å². The lowest BCUT2D eigenvalue weighted by Crippen LogP contribution is -2.41. The number of piperidine rings is 1. The molecule has 2 aliphatic rings. The van der Waals surface area contributed by atoms with Gasteiger partial charge in [0.2, 0.25) is 5.91 Å². The van der Waals surface area contributed by atoms with E-state index < -0.39 is 0 Å². The van der Waals surface area contributed by atoms with Crippen molar-refractivity contribution in [3.05, 3.63) is 34.9 Å². The highest BCUT2D eigenvalue weighted by Crippen LogP contribution is 2.49. The smallest absolute Gasteiger partial charge is 0.223 e. The molecule has 0 aromatic heterocycles. The molecule has 0 radical (unpaired) electrons. The van der Waals surface area contributed by atoms with E-state index in [1.807, 2.05) is 18.2 Å². The van der Waals surface area contributed by atoms with Gasteiger partial charge in [0.1, 0.15) is 0 Å². The van der Waals surface area contributed by atoms with Gasteiger partial charge in [0.15, 0.2) is 0 Å². The van der Waals surface area contributed by atoms with E-state index in [1.165, 1.54) is 5.56 Å². The molecule has 0 atom stereocenters. The lowest BCUT2D eigenvalue weighted by Gasteiger charge is -2.24. The predicted molar refractivity (Wildman–Crippen MR) is 81.0 cm³/mol. The lowest BCUT2D eigenvalue weighted by molar-refractivity contribution is -0.125. The molecular weight excluding hydrogens is 272 g/mol. The zero-order valence-corrected chi connectivity index (χ0v) is 12.4. The van der Waals surface area contributed by atoms with Crippen molar-refractivity contribution in [1.29, 1.82) is 0 Å². The highest BCUT2D eigenvalue weighted by Gasteiger charge is 2.45. The van der Waals surface area contributed by atoms with Crippen molar-refractivity contribution in [2.45, 2.75) is 31.1 Å². The molecule has 0 bridgehead atoms. The summed E-state index contributed by atoms with van der Waals surface area (Å²) in [6.45, 7) is 2.63. The first-order chi connectivity index (χ1) is 9.71. The second kappa shape index (κ2) is 5.74. The lowest BCUT2D eigenvalue weighted by atomic mass is 9.94. The molecule has 1 aromatic rings. The minimum absolute atomic E-state index is 0.0842. The standard InChI is InChI=1S/C16H21ClN2O/c17-14-4-2-1-3-13(14)16(7-8-16)11-19-15(20)12-5-9-18-10-6-12/h1-4,12,18H,5-11H2,(H,19,20). The Morgan fingerprint density at radius 2 is 2.00 bits per heavy atom. The molecule has 0 unspecified atom stereocenters. The third kappa shape index (κ3) is 2.84. The van der Waals surface area contributed by atoms with Crippen LogP contribution in [0.3, 0.4) is 0 Å². The fourth-order valence-corrected chi connectivity index (χ4v) is 3.40. The van der Waals surface area contributed by atoms with Crippen LogP contribution in [-0.2, 0) is 10.2 Å². The molecule has 3 rings (SSSR count). The van der Waals surface area contributed by atoms with E-state index in [1.54, 1.807) is 0 Å². The number of benzene rings is 1. The third-order valence-corrected chi connectivity index (χ3v) is 4.94. The summed E-state index contributed by atoms with van der Waals surface area (Å²) in [5.41, 5.74) is 1.27. The molecular formula is C16H21ClN2O. The highest BCUT2D eigenvalue weighted by molar-refractivity contribution is 6.31. The monoisotopic (exact) mass is 292 g/mol. The number of carbonyl (C=O) groups excluding carboxylic acids is 1. The number of rotatable bonds is 4. The molecule has 1 aromatic carbocycles. The fourth-order valence-electron chi connectivity index (χ4n) is 3.07. The average Bonchev–Trinajstić information content (AvgIpc) is 3.27. The van der Waals surface area contributed by atoms with Crippen LogP contribution in [0, 0.1) is 5.92 Å². The molecule has 1 saturated carbocycles. The Hall–Kier alpha value is -1.06. The van der Waals surface area contributed by atoms with Crippen LogP contribution in [0.15, 0.2) is 24.3 Å². The summed E-state index contributed by atoms with van der Waals surface area (Å²) in [5, 5.41) is 7.27. The van der Waals surface area contributed by atoms with Gasteiger partial charge in [0.05, 0.1) is 0 Å². The van der Waals surface area contributed by atoms with Crippen LogP contribution in [0.2, 0.25) is 5.02 Å². The molecule has 1 aliphatic heterocycles. The molecule has 4 heteroatoms. The van der Waals surface area contributed by atoms with Crippen LogP contribution in [-0.4, -0.2) is 25.5 Å². The number of halogens is 1. The SMILES string of the molecule is O=C(NCC1(c2ccccc2Cl)CC1)C1CCNCC1. The topological polar surface area (TPSA) is 41.1 Å². The average molecular weight is 293 g/mol. The van der Waals surface area contributed by atoms with E-state index in [0.717, 1.165) is 50.3 Å². The number of carbonyl (C=O) groups is 1. The summed E-state index contributed by atoms with van der Waals surface area (Å²) in [7, 11) is 0. The molecule has 1 aliphatic carbocycles. The molecule has 2 fully saturated rings. The van der Waals surface area contributed by atoms with Crippen molar-refractivity contribution in [3.63, 3.8) is 0 Å². The Balaban J connectivity index is 1.60. The van der Waals surface area contributed by atoms with Gasteiger partial charge < -0.3 is 10.6 Å². The Bertz CT molecular complexity index is 493. The van der Waals surface area contributed by atoms with E-state index in [9.17, 15) is 4.79 Å². The number of hydrogen-bond donors (Lipinski definition) is 2. The van der Waals surface area contributed by atoms with Gasteiger partial charge in [-0.2, -0.15) is 0 Å². The Labute approximate surface area is 125 Å². The molecule has 3 nitrogen and oxygen atoms in total. The summed E-state index contributed by atoms with van der Waals surface area (Å²) < 4.78 is 0. The van der Waals surface area contributed by atoms with Gasteiger partial charge >= 0.3 is 0 Å². The summed E-state index contributed by atoms with van der Waals surface area (Å²) in [5.74, 6) is 0.392. The Kier molecular flexibility index (Phi) is 3.99. The van der Waals surface area contributed by atoms with Gasteiger partial charge in [-0.1, -0.05) is 29.8 Å². The van der Waals surface area contributed by atoms with Gasteiger partial charge in [-0.25, -0.2) is 0 Å². The molecule has 1 saturated heterocycles. The van der Waals surface area contributed by atoms with Gasteiger partial charge in [0.25, 0.3) is 0 Å². The summed E-state index contributed by atoms with van der Waals surface area (Å²) in [6, 6.07) is 8.00. The van der Waals surface area contributed by atoms with Crippen molar-refractivity contribution < 1.29 is 4.79 Å². The first-order valence-electron chi connectivity index (χ1n) is 7.45. The number of nitrogens with one attached hydrogen (secondary N) is 2. The molecule has 2 N–H and O–H groups in total. The van der Waals surface area contributed by atoms with Gasteiger partial charge in [0, 0.05) is 22.9 Å². The first-order valence-corrected chi connectivity index (χ1v) is 7.82. The predicted octanol–water partition coefficient (Wildman–Crippen LogP) is 2.49. The van der Waals surface area contributed by atoms with Crippen molar-refractivity contribution in [2.75, 3.05) is 19.6 Å². The first kappa shape index (κ1) is 13.9. The second-order valence-electron chi connectivity index (χ2n) is 6.00. The second-order valence-corrected chi connectivity index (χ2v) is 6.41. The van der Waals surface area contributed by atoms with Crippen LogP contribution in [0.25, 0.3) is 0 Å². The van der Waals surface area contributed by atoms with Crippen LogP contribution in [0.1, 0.15) is 31.2 Å². The van der Waals surface area contributed by atoms with Crippen LogP contribution in [0.4, 0.5) is 0 Å². The summed E-state index contributed by atoms with van der Waals surface area (Å²) in [6.07, 6.45) is 4.13.